The number of hydrogen-bond acceptors (Lipinski definition) is 6. The topological polar surface area (TPSA) is 66.9 Å². The van der Waals surface area contributed by atoms with Crippen LogP contribution in [0.4, 0.5) is 10.8 Å². The maximum Gasteiger partial charge on any atom is 0.234 e. The van der Waals surface area contributed by atoms with Crippen molar-refractivity contribution in [1.29, 1.82) is 0 Å². The van der Waals surface area contributed by atoms with Crippen LogP contribution in [0.2, 0.25) is 0 Å². The van der Waals surface area contributed by atoms with Crippen molar-refractivity contribution in [3.63, 3.8) is 0 Å². The van der Waals surface area contributed by atoms with E-state index < -0.39 is 0 Å². The number of aromatic nitrogens is 2. The Kier molecular flexibility index (Phi) is 7.32. The van der Waals surface area contributed by atoms with E-state index in [1.807, 2.05) is 25.1 Å². The van der Waals surface area contributed by atoms with Crippen LogP contribution in [-0.4, -0.2) is 28.4 Å². The summed E-state index contributed by atoms with van der Waals surface area (Å²) in [5.74, 6) is 0.260. The summed E-state index contributed by atoms with van der Waals surface area (Å²) in [7, 11) is 0. The Labute approximate surface area is 152 Å². The lowest BCUT2D eigenvalue weighted by Crippen LogP contribution is -2.13. The fraction of sp³-hybridized carbons (Fsp3) is 0.400. The first-order chi connectivity index (χ1) is 11.1. The molecule has 1 amide bonds. The molecule has 0 radical (unpaired) electrons. The van der Waals surface area contributed by atoms with Gasteiger partial charge in [-0.3, -0.25) is 4.79 Å². The SMILES string of the molecule is CCCCNc1nnc(SCC(=O)Nc2ccc(C)c(Br)c2)s1. The van der Waals surface area contributed by atoms with E-state index in [9.17, 15) is 4.79 Å². The van der Waals surface area contributed by atoms with E-state index in [2.05, 4.69) is 43.7 Å². The number of hydrogen-bond donors (Lipinski definition) is 2. The van der Waals surface area contributed by atoms with E-state index in [1.54, 1.807) is 0 Å². The molecule has 23 heavy (non-hydrogen) atoms. The number of halogens is 1. The van der Waals surface area contributed by atoms with Gasteiger partial charge in [0.2, 0.25) is 11.0 Å². The predicted octanol–water partition coefficient (Wildman–Crippen LogP) is 4.55. The number of rotatable bonds is 8. The Bertz CT molecular complexity index is 663. The predicted molar refractivity (Wildman–Crippen MR) is 102 cm³/mol. The molecule has 0 atom stereocenters. The van der Waals surface area contributed by atoms with Crippen molar-refractivity contribution < 1.29 is 4.79 Å². The van der Waals surface area contributed by atoms with Gasteiger partial charge < -0.3 is 10.6 Å². The number of aryl methyl sites for hydroxylation is 1. The van der Waals surface area contributed by atoms with Crippen molar-refractivity contribution in [2.45, 2.75) is 31.0 Å². The Morgan fingerprint density at radius 2 is 2.22 bits per heavy atom. The van der Waals surface area contributed by atoms with Crippen LogP contribution < -0.4 is 10.6 Å². The standard InChI is InChI=1S/C15H19BrN4OS2/c1-3-4-7-17-14-19-20-15(23-14)22-9-13(21)18-11-6-5-10(2)12(16)8-11/h5-6,8H,3-4,7,9H2,1-2H3,(H,17,19)(H,18,21). The summed E-state index contributed by atoms with van der Waals surface area (Å²) in [5, 5.41) is 15.1. The molecule has 2 N–H and O–H groups in total. The average molecular weight is 415 g/mol. The maximum absolute atomic E-state index is 12.0. The summed E-state index contributed by atoms with van der Waals surface area (Å²) >= 11 is 6.33. The van der Waals surface area contributed by atoms with Gasteiger partial charge in [0, 0.05) is 16.7 Å². The number of unbranched alkanes of at least 4 members (excludes halogenated alkanes) is 1. The minimum atomic E-state index is -0.0542. The van der Waals surface area contributed by atoms with Gasteiger partial charge in [-0.05, 0) is 31.0 Å². The molecule has 0 unspecified atom stereocenters. The number of benzene rings is 1. The lowest BCUT2D eigenvalue weighted by molar-refractivity contribution is -0.113. The van der Waals surface area contributed by atoms with E-state index in [0.29, 0.717) is 5.75 Å². The molecule has 0 fully saturated rings. The van der Waals surface area contributed by atoms with Gasteiger partial charge in [0.25, 0.3) is 0 Å². The van der Waals surface area contributed by atoms with Gasteiger partial charge in [0.1, 0.15) is 0 Å². The monoisotopic (exact) mass is 414 g/mol. The summed E-state index contributed by atoms with van der Waals surface area (Å²) in [4.78, 5) is 12.0. The number of amides is 1. The molecule has 0 aliphatic carbocycles. The number of thioether (sulfide) groups is 1. The Balaban J connectivity index is 1.78. The van der Waals surface area contributed by atoms with Crippen molar-refractivity contribution in [2.24, 2.45) is 0 Å². The lowest BCUT2D eigenvalue weighted by Gasteiger charge is -2.06. The molecule has 0 aliphatic heterocycles. The first kappa shape index (κ1) is 18.2. The zero-order valence-corrected chi connectivity index (χ0v) is 16.3. The average Bonchev–Trinajstić information content (AvgIpc) is 2.97. The summed E-state index contributed by atoms with van der Waals surface area (Å²) < 4.78 is 1.78. The van der Waals surface area contributed by atoms with Crippen LogP contribution >= 0.6 is 39.0 Å². The number of anilines is 2. The minimum absolute atomic E-state index is 0.0542. The van der Waals surface area contributed by atoms with E-state index in [4.69, 9.17) is 0 Å². The Hall–Kier alpha value is -1.12. The molecule has 5 nitrogen and oxygen atoms in total. The van der Waals surface area contributed by atoms with Crippen LogP contribution in [0.5, 0.6) is 0 Å². The molecular formula is C15H19BrN4OS2. The van der Waals surface area contributed by atoms with Crippen LogP contribution in [0.25, 0.3) is 0 Å². The molecule has 1 heterocycles. The normalized spacial score (nSPS) is 10.6. The molecule has 1 aromatic carbocycles. The first-order valence-electron chi connectivity index (χ1n) is 7.34. The van der Waals surface area contributed by atoms with Gasteiger partial charge in [-0.25, -0.2) is 0 Å². The molecule has 124 valence electrons. The van der Waals surface area contributed by atoms with Gasteiger partial charge in [-0.2, -0.15) is 0 Å². The second-order valence-corrected chi connectivity index (χ2v) is 8.01. The van der Waals surface area contributed by atoms with Gasteiger partial charge >= 0.3 is 0 Å². The van der Waals surface area contributed by atoms with Gasteiger partial charge in [0.15, 0.2) is 4.34 Å². The number of nitrogens with zero attached hydrogens (tertiary/aromatic N) is 2. The third-order valence-electron chi connectivity index (χ3n) is 3.00. The quantitative estimate of drug-likeness (QED) is 0.489. The fourth-order valence-corrected chi connectivity index (χ4v) is 3.66. The highest BCUT2D eigenvalue weighted by Gasteiger charge is 2.09. The Morgan fingerprint density at radius 3 is 2.96 bits per heavy atom. The molecule has 8 heteroatoms. The van der Waals surface area contributed by atoms with Gasteiger partial charge in [-0.15, -0.1) is 10.2 Å². The summed E-state index contributed by atoms with van der Waals surface area (Å²) in [6.45, 7) is 5.06. The summed E-state index contributed by atoms with van der Waals surface area (Å²) in [5.41, 5.74) is 1.92. The third-order valence-corrected chi connectivity index (χ3v) is 5.86. The molecule has 1 aromatic heterocycles. The molecule has 2 aromatic rings. The van der Waals surface area contributed by atoms with Crippen molar-refractivity contribution in [3.05, 3.63) is 28.2 Å². The number of nitrogens with one attached hydrogen (secondary N) is 2. The van der Waals surface area contributed by atoms with Crippen LogP contribution in [-0.2, 0) is 4.79 Å². The lowest BCUT2D eigenvalue weighted by atomic mass is 10.2. The van der Waals surface area contributed by atoms with Crippen LogP contribution in [0, 0.1) is 6.92 Å². The highest BCUT2D eigenvalue weighted by molar-refractivity contribution is 9.10. The summed E-state index contributed by atoms with van der Waals surface area (Å²) in [6, 6.07) is 5.76. The minimum Gasteiger partial charge on any atom is -0.360 e. The number of carbonyl (C=O) groups is 1. The highest BCUT2D eigenvalue weighted by atomic mass is 79.9. The van der Waals surface area contributed by atoms with Crippen LogP contribution in [0.15, 0.2) is 27.0 Å². The smallest absolute Gasteiger partial charge is 0.234 e. The number of carbonyl (C=O) groups excluding carboxylic acids is 1. The van der Waals surface area contributed by atoms with Gasteiger partial charge in [0.05, 0.1) is 5.75 Å². The molecule has 2 rings (SSSR count). The molecule has 0 aliphatic rings. The zero-order chi connectivity index (χ0) is 16.7. The van der Waals surface area contributed by atoms with Crippen LogP contribution in [0.1, 0.15) is 25.3 Å². The molecule has 0 saturated heterocycles. The van der Waals surface area contributed by atoms with E-state index >= 15 is 0 Å². The van der Waals surface area contributed by atoms with Gasteiger partial charge in [-0.1, -0.05) is 58.4 Å². The van der Waals surface area contributed by atoms with Crippen molar-refractivity contribution in [3.8, 4) is 0 Å². The maximum atomic E-state index is 12.0. The molecule has 0 spiro atoms. The second-order valence-electron chi connectivity index (χ2n) is 4.95. The van der Waals surface area contributed by atoms with Crippen molar-refractivity contribution in [1.82, 2.24) is 10.2 Å². The van der Waals surface area contributed by atoms with E-state index in [0.717, 1.165) is 44.6 Å². The van der Waals surface area contributed by atoms with Crippen molar-refractivity contribution >= 4 is 55.8 Å². The zero-order valence-electron chi connectivity index (χ0n) is 13.1. The van der Waals surface area contributed by atoms with E-state index in [1.165, 1.54) is 23.1 Å². The largest absolute Gasteiger partial charge is 0.360 e. The summed E-state index contributed by atoms with van der Waals surface area (Å²) in [6.07, 6.45) is 2.25. The van der Waals surface area contributed by atoms with Crippen LogP contribution in [0.3, 0.4) is 0 Å². The highest BCUT2D eigenvalue weighted by Crippen LogP contribution is 2.26. The van der Waals surface area contributed by atoms with E-state index in [-0.39, 0.29) is 5.91 Å². The second kappa shape index (κ2) is 9.24. The molecule has 0 bridgehead atoms. The molecule has 0 saturated carbocycles. The fourth-order valence-electron chi connectivity index (χ4n) is 1.71. The van der Waals surface area contributed by atoms with Crippen molar-refractivity contribution in [2.75, 3.05) is 22.9 Å². The molecular weight excluding hydrogens is 396 g/mol. The first-order valence-corrected chi connectivity index (χ1v) is 9.94. The third kappa shape index (κ3) is 6.12. The Morgan fingerprint density at radius 1 is 1.39 bits per heavy atom.